The molecular formula is C23H49NO2Si. The molecule has 0 aromatic carbocycles. The Morgan fingerprint density at radius 2 is 1.22 bits per heavy atom. The van der Waals surface area contributed by atoms with Crippen LogP contribution in [0.4, 0.5) is 0 Å². The lowest BCUT2D eigenvalue weighted by atomic mass is 9.90. The highest BCUT2D eigenvalue weighted by atomic mass is 28.4. The van der Waals surface area contributed by atoms with Crippen molar-refractivity contribution >= 4 is 14.2 Å². The van der Waals surface area contributed by atoms with Gasteiger partial charge in [0.05, 0.1) is 0 Å². The van der Waals surface area contributed by atoms with Crippen molar-refractivity contribution in [1.82, 2.24) is 0 Å². The molecular weight excluding hydrogens is 350 g/mol. The Balaban J connectivity index is 3.73. The molecule has 0 spiro atoms. The molecule has 0 aromatic rings. The van der Waals surface area contributed by atoms with Gasteiger partial charge >= 0.3 is 0 Å². The maximum absolute atomic E-state index is 11.8. The summed E-state index contributed by atoms with van der Waals surface area (Å²) in [6.07, 6.45) is 19.0. The molecule has 0 heterocycles. The number of nitrogens with two attached hydrogens (primary N) is 1. The smallest absolute Gasteiger partial charge is 0.220 e. The van der Waals surface area contributed by atoms with E-state index in [1.54, 1.807) is 0 Å². The molecule has 1 atom stereocenters. The van der Waals surface area contributed by atoms with E-state index in [4.69, 9.17) is 5.73 Å². The molecule has 0 saturated carbocycles. The fraction of sp³-hybridized carbons (Fsp3) is 0.957. The monoisotopic (exact) mass is 399 g/mol. The molecule has 0 saturated heterocycles. The highest BCUT2D eigenvalue weighted by molar-refractivity contribution is 6.72. The Kier molecular flexibility index (Phi) is 14.4. The van der Waals surface area contributed by atoms with E-state index in [2.05, 4.69) is 20.8 Å². The number of amides is 1. The summed E-state index contributed by atoms with van der Waals surface area (Å²) in [4.78, 5) is 22.3. The van der Waals surface area contributed by atoms with Gasteiger partial charge in [-0.05, 0) is 31.0 Å². The van der Waals surface area contributed by atoms with Gasteiger partial charge in [-0.2, -0.15) is 0 Å². The molecule has 0 aliphatic rings. The van der Waals surface area contributed by atoms with Crippen LogP contribution in [0.5, 0.6) is 0 Å². The largest absolute Gasteiger partial charge is 0.432 e. The van der Waals surface area contributed by atoms with Crippen molar-refractivity contribution in [2.75, 3.05) is 0 Å². The molecule has 1 unspecified atom stereocenters. The van der Waals surface area contributed by atoms with Gasteiger partial charge in [0, 0.05) is 5.92 Å². The van der Waals surface area contributed by atoms with E-state index >= 15 is 0 Å². The van der Waals surface area contributed by atoms with Crippen LogP contribution in [-0.4, -0.2) is 19.0 Å². The molecule has 0 radical (unpaired) electrons. The van der Waals surface area contributed by atoms with E-state index in [-0.39, 0.29) is 16.9 Å². The van der Waals surface area contributed by atoms with Crippen LogP contribution in [0.15, 0.2) is 0 Å². The topological polar surface area (TPSA) is 63.3 Å². The second kappa shape index (κ2) is 14.6. The van der Waals surface area contributed by atoms with Crippen molar-refractivity contribution in [3.8, 4) is 0 Å². The van der Waals surface area contributed by atoms with Gasteiger partial charge in [-0.25, -0.2) is 0 Å². The summed E-state index contributed by atoms with van der Waals surface area (Å²) in [7, 11) is -2.29. The molecule has 0 fully saturated rings. The molecule has 1 amide bonds. The fourth-order valence-corrected chi connectivity index (χ4v) is 4.37. The SMILES string of the molecule is CCCCCCCCCCCCCCCC(CC(C)(C)[Si](C)(C)O)C(N)=O. The van der Waals surface area contributed by atoms with Crippen molar-refractivity contribution in [3.05, 3.63) is 0 Å². The van der Waals surface area contributed by atoms with Gasteiger partial charge in [0.25, 0.3) is 0 Å². The van der Waals surface area contributed by atoms with Gasteiger partial charge < -0.3 is 10.5 Å². The summed E-state index contributed by atoms with van der Waals surface area (Å²) in [5.41, 5.74) is 5.63. The highest BCUT2D eigenvalue weighted by Gasteiger charge is 2.40. The molecule has 4 heteroatoms. The lowest BCUT2D eigenvalue weighted by Crippen LogP contribution is -2.41. The minimum Gasteiger partial charge on any atom is -0.432 e. The van der Waals surface area contributed by atoms with E-state index in [0.717, 1.165) is 19.3 Å². The highest BCUT2D eigenvalue weighted by Crippen LogP contribution is 2.42. The summed E-state index contributed by atoms with van der Waals surface area (Å²) in [5, 5.41) is -0.177. The molecule has 27 heavy (non-hydrogen) atoms. The molecule has 3 N–H and O–H groups in total. The van der Waals surface area contributed by atoms with Crippen molar-refractivity contribution in [1.29, 1.82) is 0 Å². The molecule has 3 nitrogen and oxygen atoms in total. The number of primary amides is 1. The van der Waals surface area contributed by atoms with Crippen LogP contribution >= 0.6 is 0 Å². The first-order valence-corrected chi connectivity index (χ1v) is 14.6. The maximum atomic E-state index is 11.8. The number of hydrogen-bond acceptors (Lipinski definition) is 2. The molecule has 0 bridgehead atoms. The third kappa shape index (κ3) is 13.5. The van der Waals surface area contributed by atoms with Crippen LogP contribution in [0.3, 0.4) is 0 Å². The number of unbranched alkanes of at least 4 members (excludes halogenated alkanes) is 12. The van der Waals surface area contributed by atoms with Crippen LogP contribution in [0, 0.1) is 5.92 Å². The van der Waals surface area contributed by atoms with Crippen molar-refractivity contribution in [2.45, 2.75) is 135 Å². The zero-order chi connectivity index (χ0) is 20.8. The third-order valence-electron chi connectivity index (χ3n) is 6.47. The fourth-order valence-electron chi connectivity index (χ4n) is 3.62. The van der Waals surface area contributed by atoms with Gasteiger partial charge in [-0.1, -0.05) is 104 Å². The quantitative estimate of drug-likeness (QED) is 0.194. The third-order valence-corrected chi connectivity index (χ3v) is 9.99. The molecule has 162 valence electrons. The van der Waals surface area contributed by atoms with Gasteiger partial charge in [-0.3, -0.25) is 4.79 Å². The normalized spacial score (nSPS) is 13.7. The number of hydrogen-bond donors (Lipinski definition) is 2. The predicted molar refractivity (Wildman–Crippen MR) is 121 cm³/mol. The van der Waals surface area contributed by atoms with Gasteiger partial charge in [0.15, 0.2) is 8.32 Å². The van der Waals surface area contributed by atoms with Gasteiger partial charge in [0.2, 0.25) is 5.91 Å². The van der Waals surface area contributed by atoms with Gasteiger partial charge in [-0.15, -0.1) is 0 Å². The van der Waals surface area contributed by atoms with Crippen LogP contribution < -0.4 is 5.73 Å². The zero-order valence-electron chi connectivity index (χ0n) is 19.1. The first-order chi connectivity index (χ1) is 12.6. The summed E-state index contributed by atoms with van der Waals surface area (Å²) in [5.74, 6) is -0.285. The number of carbonyl (C=O) groups is 1. The molecule has 0 aliphatic heterocycles. The van der Waals surface area contributed by atoms with Crippen LogP contribution in [0.25, 0.3) is 0 Å². The second-order valence-corrected chi connectivity index (χ2v) is 14.2. The Hall–Kier alpha value is -0.353. The molecule has 0 rings (SSSR count). The Morgan fingerprint density at radius 3 is 1.56 bits per heavy atom. The first kappa shape index (κ1) is 26.6. The van der Waals surface area contributed by atoms with E-state index in [1.165, 1.54) is 77.0 Å². The summed E-state index contributed by atoms with van der Waals surface area (Å²) < 4.78 is 0. The number of carbonyl (C=O) groups excluding carboxylic acids is 1. The van der Waals surface area contributed by atoms with Crippen molar-refractivity contribution in [2.24, 2.45) is 11.7 Å². The zero-order valence-corrected chi connectivity index (χ0v) is 20.1. The van der Waals surface area contributed by atoms with E-state index < -0.39 is 8.32 Å². The van der Waals surface area contributed by atoms with Crippen LogP contribution in [0.1, 0.15) is 117 Å². The van der Waals surface area contributed by atoms with Crippen molar-refractivity contribution < 1.29 is 9.59 Å². The van der Waals surface area contributed by atoms with Crippen molar-refractivity contribution in [3.63, 3.8) is 0 Å². The summed E-state index contributed by atoms with van der Waals surface area (Å²) in [6, 6.07) is 0. The Labute approximate surface area is 171 Å². The lowest BCUT2D eigenvalue weighted by molar-refractivity contribution is -0.122. The minimum absolute atomic E-state index is 0.0911. The van der Waals surface area contributed by atoms with E-state index in [0.29, 0.717) is 0 Å². The predicted octanol–water partition coefficient (Wildman–Crippen LogP) is 6.94. The Bertz CT molecular complexity index is 377. The first-order valence-electron chi connectivity index (χ1n) is 11.6. The average molecular weight is 400 g/mol. The molecule has 0 aliphatic carbocycles. The summed E-state index contributed by atoms with van der Waals surface area (Å²) >= 11 is 0. The average Bonchev–Trinajstić information content (AvgIpc) is 2.56. The van der Waals surface area contributed by atoms with E-state index in [9.17, 15) is 9.59 Å². The second-order valence-electron chi connectivity index (χ2n) is 9.78. The Morgan fingerprint density at radius 1 is 0.852 bits per heavy atom. The summed E-state index contributed by atoms with van der Waals surface area (Å²) in [6.45, 7) is 10.3. The molecule has 0 aromatic heterocycles. The maximum Gasteiger partial charge on any atom is 0.220 e. The standard InChI is InChI=1S/C23H49NO2Si/c1-6-7-8-9-10-11-12-13-14-15-16-17-18-19-21(22(24)25)20-23(2,3)27(4,5)26/h21,26H,6-20H2,1-5H3,(H2,24,25). The lowest BCUT2D eigenvalue weighted by Gasteiger charge is -2.37. The number of rotatable bonds is 18. The van der Waals surface area contributed by atoms with Gasteiger partial charge in [0.1, 0.15) is 0 Å². The van der Waals surface area contributed by atoms with E-state index in [1.807, 2.05) is 13.1 Å². The van der Waals surface area contributed by atoms with Crippen LogP contribution in [-0.2, 0) is 4.79 Å². The van der Waals surface area contributed by atoms with Crippen LogP contribution in [0.2, 0.25) is 18.1 Å². The minimum atomic E-state index is -2.29.